The lowest BCUT2D eigenvalue weighted by atomic mass is 10.2. The van der Waals surface area contributed by atoms with E-state index in [9.17, 15) is 8.42 Å². The number of aryl methyl sites for hydroxylation is 1. The highest BCUT2D eigenvalue weighted by molar-refractivity contribution is 8.13. The molecule has 0 bridgehead atoms. The Balaban J connectivity index is 2.51. The molecule has 26 heavy (non-hydrogen) atoms. The van der Waals surface area contributed by atoms with E-state index in [-0.39, 0.29) is 10.7 Å². The minimum absolute atomic E-state index is 0.103. The molecule has 0 saturated heterocycles. The summed E-state index contributed by atoms with van der Waals surface area (Å²) in [6.07, 6.45) is 2.66. The molecule has 7 heteroatoms. The molecule has 0 radical (unpaired) electrons. The molecule has 0 amide bonds. The molecular formula is C19H22N2O3S2. The van der Waals surface area contributed by atoms with Crippen LogP contribution in [0.1, 0.15) is 24.5 Å². The first-order valence-corrected chi connectivity index (χ1v) is 10.8. The number of ether oxygens (including phenoxy) is 1. The Bertz CT molecular complexity index is 875. The Morgan fingerprint density at radius 3 is 2.31 bits per heavy atom. The van der Waals surface area contributed by atoms with Crippen molar-refractivity contribution in [2.45, 2.75) is 25.2 Å². The van der Waals surface area contributed by atoms with E-state index in [1.807, 2.05) is 38.3 Å². The normalized spacial score (nSPS) is 12.9. The molecule has 0 aliphatic carbocycles. The number of thioether (sulfide) groups is 1. The Morgan fingerprint density at radius 1 is 1.08 bits per heavy atom. The highest BCUT2D eigenvalue weighted by Crippen LogP contribution is 2.16. The Morgan fingerprint density at radius 2 is 1.73 bits per heavy atom. The lowest BCUT2D eigenvalue weighted by Crippen LogP contribution is -2.09. The van der Waals surface area contributed by atoms with Crippen molar-refractivity contribution in [3.05, 3.63) is 65.7 Å². The van der Waals surface area contributed by atoms with E-state index in [0.717, 1.165) is 12.0 Å². The van der Waals surface area contributed by atoms with Gasteiger partial charge in [0.1, 0.15) is 0 Å². The van der Waals surface area contributed by atoms with Crippen LogP contribution in [0.3, 0.4) is 0 Å². The second-order valence-electron chi connectivity index (χ2n) is 5.50. The standard InChI is InChI=1S/C19H22N2O3S2/c1-4-14-24-19(25-3)20-18(16-8-6-5-7-9-16)21-26(22,23)17-12-10-15(2)11-13-17/h5-13H,4,14H2,1-3H3. The van der Waals surface area contributed by atoms with E-state index >= 15 is 0 Å². The van der Waals surface area contributed by atoms with Crippen molar-refractivity contribution in [1.82, 2.24) is 0 Å². The van der Waals surface area contributed by atoms with Gasteiger partial charge in [0.2, 0.25) is 0 Å². The number of amidine groups is 1. The van der Waals surface area contributed by atoms with Crippen molar-refractivity contribution in [3.8, 4) is 0 Å². The fourth-order valence-corrected chi connectivity index (χ4v) is 3.35. The molecular weight excluding hydrogens is 368 g/mol. The Kier molecular flexibility index (Phi) is 7.41. The third kappa shape index (κ3) is 5.71. The summed E-state index contributed by atoms with van der Waals surface area (Å²) in [5.74, 6) is 0.103. The van der Waals surface area contributed by atoms with Gasteiger partial charge in [-0.1, -0.05) is 66.7 Å². The van der Waals surface area contributed by atoms with Crippen molar-refractivity contribution >= 4 is 32.9 Å². The van der Waals surface area contributed by atoms with E-state index in [4.69, 9.17) is 4.74 Å². The van der Waals surface area contributed by atoms with Crippen LogP contribution >= 0.6 is 11.8 Å². The summed E-state index contributed by atoms with van der Waals surface area (Å²) < 4.78 is 35.0. The summed E-state index contributed by atoms with van der Waals surface area (Å²) >= 11 is 1.31. The Hall–Kier alpha value is -2.12. The van der Waals surface area contributed by atoms with Crippen molar-refractivity contribution in [2.24, 2.45) is 9.39 Å². The number of sulfonamides is 1. The van der Waals surface area contributed by atoms with E-state index in [0.29, 0.717) is 17.4 Å². The van der Waals surface area contributed by atoms with Gasteiger partial charge in [-0.2, -0.15) is 13.4 Å². The zero-order chi connectivity index (χ0) is 19.0. The van der Waals surface area contributed by atoms with Crippen LogP contribution < -0.4 is 0 Å². The maximum absolute atomic E-state index is 12.7. The molecule has 0 aliphatic rings. The van der Waals surface area contributed by atoms with Crippen LogP contribution in [0.4, 0.5) is 0 Å². The predicted octanol–water partition coefficient (Wildman–Crippen LogP) is 4.28. The fraction of sp³-hybridized carbons (Fsp3) is 0.263. The average Bonchev–Trinajstić information content (AvgIpc) is 2.65. The summed E-state index contributed by atoms with van der Waals surface area (Å²) in [6, 6.07) is 15.6. The molecule has 0 atom stereocenters. The van der Waals surface area contributed by atoms with Gasteiger partial charge in [0.25, 0.3) is 15.3 Å². The SMILES string of the molecule is CCCOC(=NC(=NS(=O)(=O)c1ccc(C)cc1)c1ccccc1)SC. The highest BCUT2D eigenvalue weighted by atomic mass is 32.2. The summed E-state index contributed by atoms with van der Waals surface area (Å²) in [4.78, 5) is 4.49. The fourth-order valence-electron chi connectivity index (χ4n) is 2.01. The van der Waals surface area contributed by atoms with Gasteiger partial charge in [-0.25, -0.2) is 0 Å². The molecule has 0 fully saturated rings. The molecule has 5 nitrogen and oxygen atoms in total. The second kappa shape index (κ2) is 9.54. The summed E-state index contributed by atoms with van der Waals surface area (Å²) in [7, 11) is -3.88. The monoisotopic (exact) mass is 390 g/mol. The summed E-state index contributed by atoms with van der Waals surface area (Å²) in [6.45, 7) is 4.40. The van der Waals surface area contributed by atoms with Crippen LogP contribution in [-0.4, -0.2) is 32.3 Å². The number of aliphatic imine (C=N–C) groups is 1. The number of hydrogen-bond acceptors (Lipinski definition) is 4. The van der Waals surface area contributed by atoms with E-state index in [1.54, 1.807) is 36.4 Å². The molecule has 0 aromatic heterocycles. The highest BCUT2D eigenvalue weighted by Gasteiger charge is 2.16. The molecule has 0 unspecified atom stereocenters. The lowest BCUT2D eigenvalue weighted by Gasteiger charge is -2.08. The van der Waals surface area contributed by atoms with Crippen molar-refractivity contribution < 1.29 is 13.2 Å². The molecule has 0 heterocycles. The third-order valence-electron chi connectivity index (χ3n) is 3.36. The zero-order valence-electron chi connectivity index (χ0n) is 15.0. The average molecular weight is 391 g/mol. The minimum atomic E-state index is -3.88. The number of rotatable bonds is 5. The van der Waals surface area contributed by atoms with E-state index in [1.165, 1.54) is 11.8 Å². The molecule has 2 aromatic carbocycles. The largest absolute Gasteiger partial charge is 0.473 e. The van der Waals surface area contributed by atoms with Gasteiger partial charge in [-0.3, -0.25) is 0 Å². The molecule has 0 saturated carbocycles. The summed E-state index contributed by atoms with van der Waals surface area (Å²) in [5, 5.41) is 0.383. The van der Waals surface area contributed by atoms with Gasteiger partial charge in [0.05, 0.1) is 11.5 Å². The van der Waals surface area contributed by atoms with Crippen LogP contribution in [0.5, 0.6) is 0 Å². The molecule has 0 aliphatic heterocycles. The number of nitrogens with zero attached hydrogens (tertiary/aromatic N) is 2. The van der Waals surface area contributed by atoms with Gasteiger partial charge >= 0.3 is 0 Å². The predicted molar refractivity (Wildman–Crippen MR) is 109 cm³/mol. The van der Waals surface area contributed by atoms with Crippen LogP contribution in [0.2, 0.25) is 0 Å². The van der Waals surface area contributed by atoms with Crippen LogP contribution in [0.25, 0.3) is 0 Å². The number of benzene rings is 2. The maximum Gasteiger partial charge on any atom is 0.284 e. The van der Waals surface area contributed by atoms with Crippen LogP contribution in [-0.2, 0) is 14.8 Å². The first-order valence-electron chi connectivity index (χ1n) is 8.19. The van der Waals surface area contributed by atoms with Gasteiger partial charge in [0.15, 0.2) is 5.84 Å². The van der Waals surface area contributed by atoms with Crippen LogP contribution in [0, 0.1) is 6.92 Å². The van der Waals surface area contributed by atoms with Gasteiger partial charge in [0, 0.05) is 5.56 Å². The summed E-state index contributed by atoms with van der Waals surface area (Å²) in [5.41, 5.74) is 1.58. The third-order valence-corrected chi connectivity index (χ3v) is 5.20. The quantitative estimate of drug-likeness (QED) is 0.565. The molecule has 138 valence electrons. The topological polar surface area (TPSA) is 68.1 Å². The smallest absolute Gasteiger partial charge is 0.284 e. The Labute approximate surface area is 159 Å². The second-order valence-corrected chi connectivity index (χ2v) is 7.86. The van der Waals surface area contributed by atoms with Gasteiger partial charge in [-0.05, 0) is 31.7 Å². The van der Waals surface area contributed by atoms with Crippen molar-refractivity contribution in [3.63, 3.8) is 0 Å². The zero-order valence-corrected chi connectivity index (χ0v) is 16.7. The lowest BCUT2D eigenvalue weighted by molar-refractivity contribution is 0.315. The molecule has 2 rings (SSSR count). The first kappa shape index (κ1) is 20.2. The van der Waals surface area contributed by atoms with E-state index in [2.05, 4.69) is 9.39 Å². The molecule has 0 spiro atoms. The van der Waals surface area contributed by atoms with Crippen molar-refractivity contribution in [1.29, 1.82) is 0 Å². The maximum atomic E-state index is 12.7. The minimum Gasteiger partial charge on any atom is -0.473 e. The van der Waals surface area contributed by atoms with E-state index < -0.39 is 10.0 Å². The van der Waals surface area contributed by atoms with Crippen LogP contribution in [0.15, 0.2) is 68.9 Å². The molecule has 0 N–H and O–H groups in total. The van der Waals surface area contributed by atoms with Crippen molar-refractivity contribution in [2.75, 3.05) is 12.9 Å². The molecule has 2 aromatic rings. The van der Waals surface area contributed by atoms with Gasteiger partial charge in [-0.15, -0.1) is 4.40 Å². The first-order chi connectivity index (χ1) is 12.5. The van der Waals surface area contributed by atoms with Gasteiger partial charge < -0.3 is 4.74 Å². The number of hydrogen-bond donors (Lipinski definition) is 0.